The van der Waals surface area contributed by atoms with Crippen LogP contribution in [0.15, 0.2) is 0 Å². The number of amides is 1. The minimum Gasteiger partial charge on any atom is -0.353 e. The minimum absolute atomic E-state index is 0.108. The Balaban J connectivity index is 1.52. The third-order valence-electron chi connectivity index (χ3n) is 5.64. The van der Waals surface area contributed by atoms with Gasteiger partial charge in [-0.2, -0.15) is 11.8 Å². The zero-order valence-corrected chi connectivity index (χ0v) is 12.6. The summed E-state index contributed by atoms with van der Waals surface area (Å²) < 4.78 is 0. The van der Waals surface area contributed by atoms with Crippen molar-refractivity contribution in [1.82, 2.24) is 5.32 Å². The van der Waals surface area contributed by atoms with E-state index in [0.29, 0.717) is 17.9 Å². The maximum Gasteiger partial charge on any atom is 0.225 e. The fourth-order valence-corrected chi connectivity index (χ4v) is 5.21. The summed E-state index contributed by atoms with van der Waals surface area (Å²) in [6.45, 7) is 0. The van der Waals surface area contributed by atoms with E-state index in [1.807, 2.05) is 11.8 Å². The second-order valence-electron chi connectivity index (χ2n) is 6.65. The van der Waals surface area contributed by atoms with E-state index < -0.39 is 0 Å². The number of thioether (sulfide) groups is 1. The normalized spacial score (nSPS) is 45.4. The predicted octanol–water partition coefficient (Wildman–Crippen LogP) is 2.15. The Morgan fingerprint density at radius 1 is 1.11 bits per heavy atom. The third kappa shape index (κ3) is 2.66. The molecule has 3 rings (SSSR count). The average Bonchev–Trinajstić information content (AvgIpc) is 3.00. The highest BCUT2D eigenvalue weighted by atomic mass is 32.2. The van der Waals surface area contributed by atoms with Crippen LogP contribution in [0.1, 0.15) is 44.9 Å². The quantitative estimate of drug-likeness (QED) is 0.834. The maximum atomic E-state index is 12.5. The highest BCUT2D eigenvalue weighted by molar-refractivity contribution is 7.99. The molecule has 3 aliphatic carbocycles. The zero-order chi connectivity index (χ0) is 13.4. The van der Waals surface area contributed by atoms with Gasteiger partial charge in [-0.1, -0.05) is 0 Å². The molecule has 3 fully saturated rings. The monoisotopic (exact) mass is 282 g/mol. The van der Waals surface area contributed by atoms with Crippen molar-refractivity contribution in [3.63, 3.8) is 0 Å². The Bertz CT molecular complexity index is 339. The van der Waals surface area contributed by atoms with Crippen molar-refractivity contribution in [2.24, 2.45) is 23.5 Å². The molecule has 2 bridgehead atoms. The number of hydrogen-bond acceptors (Lipinski definition) is 3. The van der Waals surface area contributed by atoms with E-state index in [4.69, 9.17) is 5.73 Å². The summed E-state index contributed by atoms with van der Waals surface area (Å²) in [6.07, 6.45) is 10.6. The first-order valence-electron chi connectivity index (χ1n) is 7.77. The summed E-state index contributed by atoms with van der Waals surface area (Å²) >= 11 is 1.97. The first kappa shape index (κ1) is 13.7. The zero-order valence-electron chi connectivity index (χ0n) is 11.8. The number of carbonyl (C=O) groups excluding carboxylic acids is 1. The molecular formula is C15H26N2OS. The Hall–Kier alpha value is -0.220. The van der Waals surface area contributed by atoms with Crippen molar-refractivity contribution in [2.45, 2.75) is 62.3 Å². The van der Waals surface area contributed by atoms with Gasteiger partial charge in [0.25, 0.3) is 0 Å². The van der Waals surface area contributed by atoms with E-state index in [-0.39, 0.29) is 17.9 Å². The van der Waals surface area contributed by atoms with Gasteiger partial charge in [-0.15, -0.1) is 0 Å². The molecule has 1 amide bonds. The molecule has 4 unspecified atom stereocenters. The van der Waals surface area contributed by atoms with Gasteiger partial charge in [0.2, 0.25) is 5.91 Å². The van der Waals surface area contributed by atoms with Gasteiger partial charge in [0.05, 0.1) is 5.92 Å². The van der Waals surface area contributed by atoms with E-state index in [0.717, 1.165) is 18.1 Å². The van der Waals surface area contributed by atoms with Crippen LogP contribution >= 0.6 is 11.8 Å². The number of rotatable bonds is 3. The van der Waals surface area contributed by atoms with Crippen LogP contribution in [0.3, 0.4) is 0 Å². The predicted molar refractivity (Wildman–Crippen MR) is 80.0 cm³/mol. The topological polar surface area (TPSA) is 55.1 Å². The molecule has 3 aliphatic rings. The van der Waals surface area contributed by atoms with Gasteiger partial charge in [0.15, 0.2) is 0 Å². The smallest absolute Gasteiger partial charge is 0.225 e. The molecule has 0 aromatic rings. The maximum absolute atomic E-state index is 12.5. The van der Waals surface area contributed by atoms with E-state index in [2.05, 4.69) is 11.6 Å². The Labute approximate surface area is 120 Å². The number of nitrogens with one attached hydrogen (secondary N) is 1. The van der Waals surface area contributed by atoms with Crippen LogP contribution in [-0.4, -0.2) is 29.5 Å². The van der Waals surface area contributed by atoms with Crippen LogP contribution < -0.4 is 11.1 Å². The van der Waals surface area contributed by atoms with Gasteiger partial charge in [-0.3, -0.25) is 4.79 Å². The first-order valence-corrected chi connectivity index (χ1v) is 9.06. The molecule has 0 aromatic heterocycles. The van der Waals surface area contributed by atoms with Gasteiger partial charge < -0.3 is 11.1 Å². The van der Waals surface area contributed by atoms with Gasteiger partial charge in [-0.25, -0.2) is 0 Å². The molecule has 0 aromatic carbocycles. The molecule has 3 saturated carbocycles. The van der Waals surface area contributed by atoms with E-state index in [1.54, 1.807) is 0 Å². The van der Waals surface area contributed by atoms with Crippen molar-refractivity contribution in [1.29, 1.82) is 0 Å². The molecule has 0 heterocycles. The SMILES string of the molecule is CSC1CCC(NC(=O)C2C3CCC(C3)C2N)CC1. The lowest BCUT2D eigenvalue weighted by molar-refractivity contribution is -0.128. The Morgan fingerprint density at radius 2 is 1.79 bits per heavy atom. The number of carbonyl (C=O) groups is 1. The second kappa shape index (κ2) is 5.65. The van der Waals surface area contributed by atoms with E-state index in [1.165, 1.54) is 32.1 Å². The summed E-state index contributed by atoms with van der Waals surface area (Å²) in [4.78, 5) is 12.5. The van der Waals surface area contributed by atoms with Crippen molar-refractivity contribution in [3.05, 3.63) is 0 Å². The molecule has 108 valence electrons. The number of nitrogens with two attached hydrogens (primary N) is 1. The van der Waals surface area contributed by atoms with Crippen LogP contribution in [0.5, 0.6) is 0 Å². The lowest BCUT2D eigenvalue weighted by Crippen LogP contribution is -2.48. The van der Waals surface area contributed by atoms with Crippen LogP contribution in [0.2, 0.25) is 0 Å². The first-order chi connectivity index (χ1) is 9.19. The molecule has 3 N–H and O–H groups in total. The number of hydrogen-bond donors (Lipinski definition) is 2. The highest BCUT2D eigenvalue weighted by Gasteiger charge is 2.49. The minimum atomic E-state index is 0.108. The summed E-state index contributed by atoms with van der Waals surface area (Å²) in [5.74, 6) is 1.56. The highest BCUT2D eigenvalue weighted by Crippen LogP contribution is 2.47. The van der Waals surface area contributed by atoms with Crippen LogP contribution in [0.4, 0.5) is 0 Å². The Morgan fingerprint density at radius 3 is 2.37 bits per heavy atom. The van der Waals surface area contributed by atoms with Crippen molar-refractivity contribution < 1.29 is 4.79 Å². The molecule has 4 atom stereocenters. The number of fused-ring (bicyclic) bond motifs is 2. The largest absolute Gasteiger partial charge is 0.353 e. The van der Waals surface area contributed by atoms with Gasteiger partial charge in [0, 0.05) is 17.3 Å². The molecular weight excluding hydrogens is 256 g/mol. The fourth-order valence-electron chi connectivity index (χ4n) is 4.47. The lowest BCUT2D eigenvalue weighted by Gasteiger charge is -2.32. The average molecular weight is 282 g/mol. The van der Waals surface area contributed by atoms with Gasteiger partial charge >= 0.3 is 0 Å². The summed E-state index contributed by atoms with van der Waals surface area (Å²) in [5, 5.41) is 4.10. The van der Waals surface area contributed by atoms with Crippen molar-refractivity contribution >= 4 is 17.7 Å². The summed E-state index contributed by atoms with van der Waals surface area (Å²) in [5.41, 5.74) is 6.25. The van der Waals surface area contributed by atoms with Gasteiger partial charge in [-0.05, 0) is 63.0 Å². The molecule has 0 aliphatic heterocycles. The second-order valence-corrected chi connectivity index (χ2v) is 7.79. The van der Waals surface area contributed by atoms with Crippen LogP contribution in [-0.2, 0) is 4.79 Å². The van der Waals surface area contributed by atoms with Gasteiger partial charge in [0.1, 0.15) is 0 Å². The molecule has 0 saturated heterocycles. The molecule has 4 heteroatoms. The van der Waals surface area contributed by atoms with Crippen molar-refractivity contribution in [2.75, 3.05) is 6.26 Å². The molecule has 0 radical (unpaired) electrons. The molecule has 19 heavy (non-hydrogen) atoms. The van der Waals surface area contributed by atoms with E-state index in [9.17, 15) is 4.79 Å². The summed E-state index contributed by atoms with van der Waals surface area (Å²) in [6, 6.07) is 0.531. The van der Waals surface area contributed by atoms with Crippen LogP contribution in [0.25, 0.3) is 0 Å². The molecule has 0 spiro atoms. The van der Waals surface area contributed by atoms with Crippen LogP contribution in [0, 0.1) is 17.8 Å². The van der Waals surface area contributed by atoms with E-state index >= 15 is 0 Å². The summed E-state index contributed by atoms with van der Waals surface area (Å²) in [7, 11) is 0. The molecule has 3 nitrogen and oxygen atoms in total. The standard InChI is InChI=1S/C15H26N2OS/c1-19-12-6-4-11(5-7-12)17-15(18)13-9-2-3-10(8-9)14(13)16/h9-14H,2-8,16H2,1H3,(H,17,18). The third-order valence-corrected chi connectivity index (χ3v) is 6.78. The Kier molecular flexibility index (Phi) is 4.08. The van der Waals surface area contributed by atoms with Crippen molar-refractivity contribution in [3.8, 4) is 0 Å². The fraction of sp³-hybridized carbons (Fsp3) is 0.933. The lowest BCUT2D eigenvalue weighted by atomic mass is 9.83.